The summed E-state index contributed by atoms with van der Waals surface area (Å²) in [4.78, 5) is 118. The van der Waals surface area contributed by atoms with Gasteiger partial charge in [0, 0.05) is 68.6 Å². The zero-order valence-corrected chi connectivity index (χ0v) is 52.9. The van der Waals surface area contributed by atoms with Gasteiger partial charge in [-0.1, -0.05) is 0 Å². The Bertz CT molecular complexity index is 3700. The number of benzene rings is 4. The van der Waals surface area contributed by atoms with Gasteiger partial charge >= 0.3 is 47.8 Å². The second kappa shape index (κ2) is 31.8. The third-order valence-electron chi connectivity index (χ3n) is 14.1. The molecule has 0 unspecified atom stereocenters. The maximum atomic E-state index is 12.6. The van der Waals surface area contributed by atoms with Gasteiger partial charge in [-0.3, -0.25) is 0 Å². The van der Waals surface area contributed by atoms with Gasteiger partial charge in [0.05, 0.1) is 79.7 Å². The fraction of sp³-hybridized carbons (Fsp3) is 0.235. The number of nitrogens with one attached hydrogen (secondary N) is 2. The summed E-state index contributed by atoms with van der Waals surface area (Å²) in [6.07, 6.45) is 6.91. The van der Waals surface area contributed by atoms with Crippen LogP contribution >= 0.6 is 0 Å². The van der Waals surface area contributed by atoms with E-state index in [-0.39, 0.29) is 46.0 Å². The highest BCUT2D eigenvalue weighted by Crippen LogP contribution is 2.43. The summed E-state index contributed by atoms with van der Waals surface area (Å²) in [6.45, 7) is -4.22. The smallest absolute Gasteiger partial charge is 0.343 e. The summed E-state index contributed by atoms with van der Waals surface area (Å²) in [7, 11) is 9.61. The van der Waals surface area contributed by atoms with Crippen molar-refractivity contribution in [1.82, 2.24) is 19.9 Å². The van der Waals surface area contributed by atoms with Crippen molar-refractivity contribution in [1.29, 1.82) is 0 Å². The number of ether oxygens (including phenoxy) is 16. The number of H-pyrrole nitrogens is 2. The van der Waals surface area contributed by atoms with Crippen LogP contribution in [0.5, 0.6) is 46.0 Å². The normalized spacial score (nSPS) is 11.1. The van der Waals surface area contributed by atoms with Crippen molar-refractivity contribution in [3.8, 4) is 90.5 Å². The Morgan fingerprint density at radius 1 is 0.260 bits per heavy atom. The van der Waals surface area contributed by atoms with E-state index >= 15 is 0 Å². The van der Waals surface area contributed by atoms with Crippen LogP contribution in [0.3, 0.4) is 0 Å². The Balaban J connectivity index is 1.46. The molecular weight excluding hydrogens is 1260 g/mol. The molecule has 0 aliphatic carbocycles. The van der Waals surface area contributed by atoms with Crippen LogP contribution in [0.1, 0.15) is 22.8 Å². The van der Waals surface area contributed by atoms with Gasteiger partial charge in [-0.2, -0.15) is 0 Å². The third-order valence-corrected chi connectivity index (χ3v) is 14.1. The zero-order valence-electron chi connectivity index (χ0n) is 52.9. The number of rotatable bonds is 28. The molecule has 0 spiro atoms. The standard InChI is InChI=1S/C68H62N4O24/c1-81-57(73)29-89-41-17-37(18-42(25-41)90-30-58(74)82-2)65-49-9-11-51(69-49)66(38-19-43(91-31-59(75)83-3)26-44(20-38)92-32-60(76)84-4)53-13-15-55(71-53)68(40-23-47(95-35-63(79)87-7)28-48(24-40)96-36-64(80)88-8)56-16-14-54(72-56)67(52-12-10-50(65)70-52)39-21-45(93-33-61(77)85-5)27-46(22-39)94-34-62(78)86-6/h9-28,69,72H,29-36H2,1-8H3. The minimum atomic E-state index is -0.705. The first kappa shape index (κ1) is 68.0. The summed E-state index contributed by atoms with van der Waals surface area (Å²) in [5, 5.41) is 0. The van der Waals surface area contributed by atoms with E-state index in [2.05, 4.69) is 9.97 Å². The molecule has 96 heavy (non-hydrogen) atoms. The number of methoxy groups -OCH3 is 8. The lowest BCUT2D eigenvalue weighted by Gasteiger charge is -2.14. The van der Waals surface area contributed by atoms with Crippen LogP contribution in [0.15, 0.2) is 97.1 Å². The number of nitrogens with zero attached hydrogens (tertiary/aromatic N) is 2. The third kappa shape index (κ3) is 17.2. The van der Waals surface area contributed by atoms with Crippen molar-refractivity contribution in [2.45, 2.75) is 0 Å². The molecule has 8 bridgehead atoms. The van der Waals surface area contributed by atoms with E-state index in [4.69, 9.17) is 85.8 Å². The molecule has 2 aliphatic rings. The average molecular weight is 1320 g/mol. The number of aromatic nitrogens is 4. The lowest BCUT2D eigenvalue weighted by molar-refractivity contribution is -0.143. The van der Waals surface area contributed by atoms with Crippen molar-refractivity contribution in [2.75, 3.05) is 110 Å². The molecule has 2 aliphatic heterocycles. The molecule has 0 saturated heterocycles. The van der Waals surface area contributed by atoms with Crippen LogP contribution in [-0.4, -0.2) is 177 Å². The molecule has 3 aromatic heterocycles. The van der Waals surface area contributed by atoms with Gasteiger partial charge in [0.1, 0.15) is 46.0 Å². The van der Waals surface area contributed by atoms with E-state index in [0.717, 1.165) is 0 Å². The second-order valence-electron chi connectivity index (χ2n) is 20.2. The SMILES string of the molecule is COC(=O)COc1cc(OCC(=O)OC)cc(-c2c3nc(c(-c4cc(OCC(=O)OC)cc(OCC(=O)OC)c4)c4ccc([nH]4)c(-c4cc(OCC(=O)OC)cc(OCC(=O)OC)c4)c4nc(c(-c5cc(OCC(=O)OC)cc(OCC(=O)OC)c5)c5ccc2[nH]5)C=C4)C=C3)c1. The van der Waals surface area contributed by atoms with Crippen LogP contribution in [0, 0.1) is 0 Å². The number of hydrogen-bond donors (Lipinski definition) is 2. The van der Waals surface area contributed by atoms with Crippen molar-refractivity contribution in [3.63, 3.8) is 0 Å². The lowest BCUT2D eigenvalue weighted by Crippen LogP contribution is -2.14. The Morgan fingerprint density at radius 3 is 0.562 bits per heavy atom. The predicted octanol–water partition coefficient (Wildman–Crippen LogP) is 7.74. The van der Waals surface area contributed by atoms with Gasteiger partial charge in [-0.25, -0.2) is 48.3 Å². The van der Waals surface area contributed by atoms with Crippen molar-refractivity contribution in [2.24, 2.45) is 0 Å². The number of carbonyl (C=O) groups excluding carboxylic acids is 8. The Morgan fingerprint density at radius 2 is 0.417 bits per heavy atom. The van der Waals surface area contributed by atoms with E-state index in [1.165, 1.54) is 81.1 Å². The van der Waals surface area contributed by atoms with E-state index in [0.29, 0.717) is 89.4 Å². The highest BCUT2D eigenvalue weighted by Gasteiger charge is 2.24. The summed E-state index contributed by atoms with van der Waals surface area (Å²) in [5.74, 6) is -4.83. The zero-order chi connectivity index (χ0) is 68.4. The minimum Gasteiger partial charge on any atom is -0.482 e. The number of aromatic amines is 2. The molecule has 0 saturated carbocycles. The maximum absolute atomic E-state index is 12.6. The number of hydrogen-bond acceptors (Lipinski definition) is 26. The van der Waals surface area contributed by atoms with Crippen LogP contribution in [0.25, 0.3) is 90.9 Å². The highest BCUT2D eigenvalue weighted by molar-refractivity contribution is 6.01. The van der Waals surface area contributed by atoms with E-state index in [1.54, 1.807) is 97.1 Å². The fourth-order valence-electron chi connectivity index (χ4n) is 9.56. The fourth-order valence-corrected chi connectivity index (χ4v) is 9.56. The molecule has 28 heteroatoms. The maximum Gasteiger partial charge on any atom is 0.343 e. The lowest BCUT2D eigenvalue weighted by atomic mass is 10.0. The molecule has 9 rings (SSSR count). The molecular formula is C68H62N4O24. The topological polar surface area (TPSA) is 342 Å². The Labute approximate surface area is 546 Å². The molecule has 0 radical (unpaired) electrons. The minimum absolute atomic E-state index is 0.101. The Kier molecular flexibility index (Phi) is 22.5. The van der Waals surface area contributed by atoms with E-state index in [1.807, 2.05) is 0 Å². The number of carbonyl (C=O) groups is 8. The summed E-state index contributed by atoms with van der Waals surface area (Å²) < 4.78 is 86.9. The van der Waals surface area contributed by atoms with Gasteiger partial charge in [-0.15, -0.1) is 0 Å². The molecule has 498 valence electrons. The van der Waals surface area contributed by atoms with Gasteiger partial charge in [-0.05, 0) is 119 Å². The Hall–Kier alpha value is -12.4. The second-order valence-corrected chi connectivity index (χ2v) is 20.2. The first-order valence-electron chi connectivity index (χ1n) is 28.8. The highest BCUT2D eigenvalue weighted by atomic mass is 16.6. The summed E-state index contributed by atoms with van der Waals surface area (Å²) in [5.41, 5.74) is 5.62. The molecule has 5 heterocycles. The molecule has 0 fully saturated rings. The molecule has 0 atom stereocenters. The monoisotopic (exact) mass is 1320 g/mol. The largest absolute Gasteiger partial charge is 0.482 e. The predicted molar refractivity (Wildman–Crippen MR) is 341 cm³/mol. The van der Waals surface area contributed by atoms with E-state index < -0.39 is 101 Å². The van der Waals surface area contributed by atoms with Crippen molar-refractivity contribution >= 4 is 94.1 Å². The van der Waals surface area contributed by atoms with Gasteiger partial charge < -0.3 is 85.8 Å². The van der Waals surface area contributed by atoms with Crippen LogP contribution in [0.2, 0.25) is 0 Å². The number of esters is 8. The molecule has 0 amide bonds. The van der Waals surface area contributed by atoms with Gasteiger partial charge in [0.2, 0.25) is 0 Å². The van der Waals surface area contributed by atoms with Crippen LogP contribution in [-0.2, 0) is 76.3 Å². The average Bonchev–Trinajstić information content (AvgIpc) is 1.59. The quantitative estimate of drug-likeness (QED) is 0.0349. The van der Waals surface area contributed by atoms with Crippen LogP contribution in [0.4, 0.5) is 0 Å². The summed E-state index contributed by atoms with van der Waals surface area (Å²) >= 11 is 0. The molecule has 4 aromatic carbocycles. The van der Waals surface area contributed by atoms with Crippen molar-refractivity contribution < 1.29 is 114 Å². The molecule has 7 aromatic rings. The van der Waals surface area contributed by atoms with Gasteiger partial charge in [0.15, 0.2) is 52.9 Å². The first-order chi connectivity index (χ1) is 46.4. The summed E-state index contributed by atoms with van der Waals surface area (Å²) in [6, 6.07) is 25.8. The van der Waals surface area contributed by atoms with Crippen molar-refractivity contribution in [3.05, 3.63) is 120 Å². The van der Waals surface area contributed by atoms with Crippen LogP contribution < -0.4 is 37.9 Å². The molecule has 2 N–H and O–H groups in total. The number of fused-ring (bicyclic) bond motifs is 8. The van der Waals surface area contributed by atoms with Gasteiger partial charge in [0.25, 0.3) is 0 Å². The molecule has 28 nitrogen and oxygen atoms in total. The van der Waals surface area contributed by atoms with E-state index in [9.17, 15) is 38.4 Å². The first-order valence-corrected chi connectivity index (χ1v) is 28.8.